The van der Waals surface area contributed by atoms with E-state index in [1.165, 1.54) is 25.7 Å². The molecule has 2 aliphatic carbocycles. The van der Waals surface area contributed by atoms with Gasteiger partial charge in [0.05, 0.1) is 0 Å². The fourth-order valence-electron chi connectivity index (χ4n) is 3.90. The van der Waals surface area contributed by atoms with Crippen molar-refractivity contribution in [2.24, 2.45) is 23.5 Å². The summed E-state index contributed by atoms with van der Waals surface area (Å²) in [5.41, 5.74) is 7.70. The molecule has 1 aromatic rings. The number of hydrogen-bond acceptors (Lipinski definition) is 4. The van der Waals surface area contributed by atoms with Gasteiger partial charge in [0.15, 0.2) is 0 Å². The number of aryl methyl sites for hydroxylation is 1. The van der Waals surface area contributed by atoms with E-state index in [4.69, 9.17) is 5.73 Å². The summed E-state index contributed by atoms with van der Waals surface area (Å²) >= 11 is 0. The second-order valence-corrected chi connectivity index (χ2v) is 6.30. The summed E-state index contributed by atoms with van der Waals surface area (Å²) < 4.78 is 0. The van der Waals surface area contributed by atoms with Crippen LogP contribution in [0.5, 0.6) is 0 Å². The van der Waals surface area contributed by atoms with Crippen LogP contribution < -0.4 is 10.6 Å². The molecule has 0 aliphatic heterocycles. The van der Waals surface area contributed by atoms with Crippen LogP contribution in [0, 0.1) is 24.7 Å². The molecule has 2 N–H and O–H groups in total. The molecule has 1 heterocycles. The SMILES string of the molecule is Cc1nc(N(C)CC2CC3CCC2C3)ncc1CN. The molecule has 0 aromatic carbocycles. The van der Waals surface area contributed by atoms with Gasteiger partial charge in [0.1, 0.15) is 0 Å². The highest BCUT2D eigenvalue weighted by atomic mass is 15.2. The number of nitrogens with two attached hydrogens (primary N) is 1. The predicted octanol–water partition coefficient (Wildman–Crippen LogP) is 2.12. The maximum absolute atomic E-state index is 5.66. The van der Waals surface area contributed by atoms with Crippen LogP contribution in [0.4, 0.5) is 5.95 Å². The van der Waals surface area contributed by atoms with E-state index in [2.05, 4.69) is 21.9 Å². The van der Waals surface area contributed by atoms with E-state index >= 15 is 0 Å². The highest BCUT2D eigenvalue weighted by Crippen LogP contribution is 2.48. The Kier molecular flexibility index (Phi) is 3.44. The third kappa shape index (κ3) is 2.46. The Hall–Kier alpha value is -1.16. The third-order valence-corrected chi connectivity index (χ3v) is 5.02. The van der Waals surface area contributed by atoms with Crippen LogP contribution in [0.2, 0.25) is 0 Å². The standard InChI is InChI=1S/C15H24N4/c1-10-14(7-16)8-17-15(18-10)19(2)9-13-6-11-3-4-12(13)5-11/h8,11-13H,3-7,9,16H2,1-2H3. The van der Waals surface area contributed by atoms with Crippen molar-refractivity contribution in [2.75, 3.05) is 18.5 Å². The largest absolute Gasteiger partial charge is 0.344 e. The first-order valence-electron chi connectivity index (χ1n) is 7.41. The van der Waals surface area contributed by atoms with E-state index in [-0.39, 0.29) is 0 Å². The van der Waals surface area contributed by atoms with Crippen molar-refractivity contribution in [3.8, 4) is 0 Å². The first-order chi connectivity index (χ1) is 9.17. The Morgan fingerprint density at radius 3 is 2.79 bits per heavy atom. The normalized spacial score (nSPS) is 28.9. The van der Waals surface area contributed by atoms with Gasteiger partial charge in [-0.1, -0.05) is 6.42 Å². The van der Waals surface area contributed by atoms with Crippen molar-refractivity contribution < 1.29 is 0 Å². The van der Waals surface area contributed by atoms with Gasteiger partial charge in [0, 0.05) is 37.6 Å². The molecule has 1 aromatic heterocycles. The minimum Gasteiger partial charge on any atom is -0.344 e. The van der Waals surface area contributed by atoms with E-state index in [9.17, 15) is 0 Å². The molecule has 3 atom stereocenters. The molecule has 4 heteroatoms. The number of fused-ring (bicyclic) bond motifs is 2. The zero-order valence-electron chi connectivity index (χ0n) is 12.0. The van der Waals surface area contributed by atoms with E-state index < -0.39 is 0 Å². The summed E-state index contributed by atoms with van der Waals surface area (Å²) in [4.78, 5) is 11.3. The van der Waals surface area contributed by atoms with Crippen LogP contribution in [0.3, 0.4) is 0 Å². The summed E-state index contributed by atoms with van der Waals surface area (Å²) in [6.45, 7) is 3.63. The van der Waals surface area contributed by atoms with E-state index in [0.29, 0.717) is 6.54 Å². The molecule has 0 amide bonds. The topological polar surface area (TPSA) is 55.0 Å². The Morgan fingerprint density at radius 2 is 2.21 bits per heavy atom. The Morgan fingerprint density at radius 1 is 1.37 bits per heavy atom. The Bertz CT molecular complexity index is 459. The van der Waals surface area contributed by atoms with Crippen molar-refractivity contribution >= 4 is 5.95 Å². The number of hydrogen-bond donors (Lipinski definition) is 1. The summed E-state index contributed by atoms with van der Waals surface area (Å²) in [5, 5.41) is 0. The van der Waals surface area contributed by atoms with Crippen molar-refractivity contribution in [3.05, 3.63) is 17.5 Å². The number of rotatable bonds is 4. The summed E-state index contributed by atoms with van der Waals surface area (Å²) in [7, 11) is 2.11. The zero-order valence-corrected chi connectivity index (χ0v) is 12.0. The molecule has 4 nitrogen and oxygen atoms in total. The number of aromatic nitrogens is 2. The maximum atomic E-state index is 5.66. The van der Waals surface area contributed by atoms with Gasteiger partial charge in [-0.3, -0.25) is 0 Å². The molecule has 0 radical (unpaired) electrons. The lowest BCUT2D eigenvalue weighted by molar-refractivity contribution is 0.336. The summed E-state index contributed by atoms with van der Waals surface area (Å²) in [6, 6.07) is 0. The minimum absolute atomic E-state index is 0.516. The van der Waals surface area contributed by atoms with Crippen LogP contribution in [-0.2, 0) is 6.54 Å². The predicted molar refractivity (Wildman–Crippen MR) is 76.9 cm³/mol. The van der Waals surface area contributed by atoms with Crippen molar-refractivity contribution in [3.63, 3.8) is 0 Å². The van der Waals surface area contributed by atoms with Crippen LogP contribution in [0.1, 0.15) is 36.9 Å². The van der Waals surface area contributed by atoms with Gasteiger partial charge < -0.3 is 10.6 Å². The number of anilines is 1. The zero-order chi connectivity index (χ0) is 13.4. The smallest absolute Gasteiger partial charge is 0.225 e. The summed E-state index contributed by atoms with van der Waals surface area (Å²) in [5.74, 6) is 3.65. The molecular weight excluding hydrogens is 236 g/mol. The minimum atomic E-state index is 0.516. The van der Waals surface area contributed by atoms with Crippen LogP contribution in [-0.4, -0.2) is 23.6 Å². The van der Waals surface area contributed by atoms with Crippen LogP contribution >= 0.6 is 0 Å². The second-order valence-electron chi connectivity index (χ2n) is 6.30. The molecule has 0 spiro atoms. The third-order valence-electron chi connectivity index (χ3n) is 5.02. The van der Waals surface area contributed by atoms with Crippen molar-refractivity contribution in [1.29, 1.82) is 0 Å². The lowest BCUT2D eigenvalue weighted by atomic mass is 9.88. The average Bonchev–Trinajstić information content (AvgIpc) is 3.00. The Balaban J connectivity index is 1.67. The van der Waals surface area contributed by atoms with Gasteiger partial charge in [-0.25, -0.2) is 9.97 Å². The fourth-order valence-corrected chi connectivity index (χ4v) is 3.90. The monoisotopic (exact) mass is 260 g/mol. The average molecular weight is 260 g/mol. The molecule has 3 unspecified atom stereocenters. The van der Waals surface area contributed by atoms with E-state index in [1.807, 2.05) is 13.1 Å². The quantitative estimate of drug-likeness (QED) is 0.901. The fraction of sp³-hybridized carbons (Fsp3) is 0.733. The Labute approximate surface area is 115 Å². The van der Waals surface area contributed by atoms with Gasteiger partial charge in [0.25, 0.3) is 0 Å². The highest BCUT2D eigenvalue weighted by molar-refractivity contribution is 5.32. The van der Waals surface area contributed by atoms with E-state index in [0.717, 1.165) is 41.5 Å². The molecule has 19 heavy (non-hydrogen) atoms. The van der Waals surface area contributed by atoms with Gasteiger partial charge in [0.2, 0.25) is 5.95 Å². The van der Waals surface area contributed by atoms with Gasteiger partial charge >= 0.3 is 0 Å². The molecule has 2 saturated carbocycles. The lowest BCUT2D eigenvalue weighted by Gasteiger charge is -2.27. The molecule has 0 saturated heterocycles. The first kappa shape index (κ1) is 12.9. The summed E-state index contributed by atoms with van der Waals surface area (Å²) in [6.07, 6.45) is 7.65. The second kappa shape index (κ2) is 5.08. The van der Waals surface area contributed by atoms with Crippen molar-refractivity contribution in [2.45, 2.75) is 39.2 Å². The van der Waals surface area contributed by atoms with Crippen LogP contribution in [0.15, 0.2) is 6.20 Å². The maximum Gasteiger partial charge on any atom is 0.225 e. The van der Waals surface area contributed by atoms with Crippen molar-refractivity contribution in [1.82, 2.24) is 9.97 Å². The molecule has 2 bridgehead atoms. The van der Waals surface area contributed by atoms with E-state index in [1.54, 1.807) is 0 Å². The van der Waals surface area contributed by atoms with Crippen LogP contribution in [0.25, 0.3) is 0 Å². The van der Waals surface area contributed by atoms with Gasteiger partial charge in [-0.2, -0.15) is 0 Å². The molecular formula is C15H24N4. The molecule has 2 fully saturated rings. The number of nitrogens with zero attached hydrogens (tertiary/aromatic N) is 3. The van der Waals surface area contributed by atoms with Gasteiger partial charge in [-0.15, -0.1) is 0 Å². The highest BCUT2D eigenvalue weighted by Gasteiger charge is 2.39. The molecule has 104 valence electrons. The van der Waals surface area contributed by atoms with Gasteiger partial charge in [-0.05, 0) is 43.9 Å². The first-order valence-corrected chi connectivity index (χ1v) is 7.41. The molecule has 2 aliphatic rings. The lowest BCUT2D eigenvalue weighted by Crippen LogP contribution is -2.30. The molecule has 3 rings (SSSR count).